The predicted molar refractivity (Wildman–Crippen MR) is 284 cm³/mol. The number of hydrogen-bond donors (Lipinski definition) is 12. The predicted octanol–water partition coefficient (Wildman–Crippen LogP) is 7.99. The van der Waals surface area contributed by atoms with E-state index in [9.17, 15) is 39.6 Å². The number of nitrogens with zero attached hydrogens (tertiary/aromatic N) is 2. The number of urea groups is 2. The highest BCUT2D eigenvalue weighted by molar-refractivity contribution is 7.80. The lowest BCUT2D eigenvalue weighted by atomic mass is 10.0. The molecule has 0 unspecified atom stereocenters. The van der Waals surface area contributed by atoms with Crippen LogP contribution in [0.15, 0.2) is 126 Å². The lowest BCUT2D eigenvalue weighted by molar-refractivity contribution is 0.0968. The third-order valence-corrected chi connectivity index (χ3v) is 10.5. The van der Waals surface area contributed by atoms with E-state index in [0.717, 1.165) is 0 Å². The molecule has 23 heteroatoms. The van der Waals surface area contributed by atoms with Crippen LogP contribution in [0.1, 0.15) is 49.9 Å². The van der Waals surface area contributed by atoms with E-state index >= 15 is 0 Å². The number of methoxy groups -OCH3 is 2. The molecule has 0 aliphatic heterocycles. The number of ether oxygens (including phenoxy) is 2. The minimum absolute atomic E-state index is 0.00670. The number of aliphatic hydroxyl groups excluding tert-OH is 4. The van der Waals surface area contributed by atoms with Gasteiger partial charge in [-0.2, -0.15) is 5.26 Å². The van der Waals surface area contributed by atoms with Gasteiger partial charge in [0.25, 0.3) is 11.8 Å². The molecule has 6 aromatic rings. The summed E-state index contributed by atoms with van der Waals surface area (Å²) in [7, 11) is 2.79. The second-order valence-electron chi connectivity index (χ2n) is 14.6. The van der Waals surface area contributed by atoms with Crippen molar-refractivity contribution in [2.45, 2.75) is 33.4 Å². The Morgan fingerprint density at radius 3 is 1.48 bits per heavy atom. The lowest BCUT2D eigenvalue weighted by Crippen LogP contribution is -2.36. The third kappa shape index (κ3) is 17.5. The van der Waals surface area contributed by atoms with Gasteiger partial charge in [-0.25, -0.2) is 14.6 Å². The number of amides is 6. The maximum Gasteiger partial charge on any atom is 0.323 e. The quantitative estimate of drug-likeness (QED) is 0.0280. The molecule has 13 N–H and O–H groups in total. The topological polar surface area (TPSA) is 314 Å². The van der Waals surface area contributed by atoms with Gasteiger partial charge >= 0.3 is 12.1 Å². The Balaban J connectivity index is 0.000000300. The molecular formula is C50H50Cl2N10O10S. The molecule has 0 fully saturated rings. The van der Waals surface area contributed by atoms with Gasteiger partial charge in [0.1, 0.15) is 11.5 Å². The second-order valence-corrected chi connectivity index (χ2v) is 15.8. The van der Waals surface area contributed by atoms with E-state index in [2.05, 4.69) is 42.2 Å². The molecule has 0 aliphatic rings. The molecule has 0 bridgehead atoms. The van der Waals surface area contributed by atoms with Gasteiger partial charge in [-0.05, 0) is 108 Å². The summed E-state index contributed by atoms with van der Waals surface area (Å²) in [4.78, 5) is 54.1. The number of carbonyl (C=O) groups excluding carboxylic acids is 4. The van der Waals surface area contributed by atoms with Crippen LogP contribution in [0.3, 0.4) is 0 Å². The summed E-state index contributed by atoms with van der Waals surface area (Å²) in [5.41, 5.74) is 10.3. The number of benzene rings is 6. The number of rotatable bonds is 14. The van der Waals surface area contributed by atoms with Crippen molar-refractivity contribution in [3.8, 4) is 17.6 Å². The lowest BCUT2D eigenvalue weighted by Gasteiger charge is -2.15. The summed E-state index contributed by atoms with van der Waals surface area (Å²) in [5, 5.41) is 64.6. The van der Waals surface area contributed by atoms with Gasteiger partial charge in [-0.1, -0.05) is 59.6 Å². The smallest absolute Gasteiger partial charge is 0.323 e. The van der Waals surface area contributed by atoms with Crippen molar-refractivity contribution in [1.82, 2.24) is 10.6 Å². The molecule has 6 amide bonds. The highest BCUT2D eigenvalue weighted by atomic mass is 35.5. The molecule has 380 valence electrons. The highest BCUT2D eigenvalue weighted by Crippen LogP contribution is 2.30. The summed E-state index contributed by atoms with van der Waals surface area (Å²) in [6.45, 7) is -0.0536. The van der Waals surface area contributed by atoms with Crippen molar-refractivity contribution in [2.24, 2.45) is 10.7 Å². The van der Waals surface area contributed by atoms with Gasteiger partial charge in [-0.3, -0.25) is 20.2 Å². The average Bonchev–Trinajstić information content (AvgIpc) is 3.38. The number of guanidine groups is 1. The van der Waals surface area contributed by atoms with Gasteiger partial charge in [0.05, 0.1) is 73.8 Å². The van der Waals surface area contributed by atoms with Crippen LogP contribution in [0.2, 0.25) is 10.0 Å². The first-order valence-corrected chi connectivity index (χ1v) is 22.5. The Kier molecular flexibility index (Phi) is 22.8. The van der Waals surface area contributed by atoms with Crippen LogP contribution in [0.25, 0.3) is 0 Å². The van der Waals surface area contributed by atoms with Crippen molar-refractivity contribution in [2.75, 3.05) is 40.8 Å². The van der Waals surface area contributed by atoms with Crippen molar-refractivity contribution in [1.29, 1.82) is 5.26 Å². The zero-order valence-corrected chi connectivity index (χ0v) is 41.6. The van der Waals surface area contributed by atoms with E-state index in [4.69, 9.17) is 55.9 Å². The van der Waals surface area contributed by atoms with Crippen LogP contribution >= 0.6 is 35.4 Å². The molecule has 0 atom stereocenters. The Morgan fingerprint density at radius 2 is 1.04 bits per heavy atom. The van der Waals surface area contributed by atoms with E-state index in [1.807, 2.05) is 12.1 Å². The summed E-state index contributed by atoms with van der Waals surface area (Å²) >= 11 is 17.6. The largest absolute Gasteiger partial charge is 0.496 e. The molecule has 0 saturated heterocycles. The fraction of sp³-hybridized carbons (Fsp3) is 0.140. The normalized spacial score (nSPS) is 10.3. The van der Waals surface area contributed by atoms with Crippen molar-refractivity contribution < 1.29 is 49.1 Å². The number of nitrogens with two attached hydrogens (primary N) is 1. The molecular weight excluding hydrogens is 1000 g/mol. The number of halogens is 2. The number of anilines is 5. The number of hydrogen-bond acceptors (Lipinski definition) is 13. The zero-order valence-electron chi connectivity index (χ0n) is 39.2. The van der Waals surface area contributed by atoms with E-state index in [1.165, 1.54) is 57.5 Å². The Morgan fingerprint density at radius 1 is 0.603 bits per heavy atom. The van der Waals surface area contributed by atoms with Gasteiger partial charge in [0, 0.05) is 46.2 Å². The van der Waals surface area contributed by atoms with Crippen LogP contribution in [0, 0.1) is 11.3 Å². The Hall–Kier alpha value is -8.33. The number of aliphatic hydroxyl groups is 4. The first-order chi connectivity index (χ1) is 35.1. The van der Waals surface area contributed by atoms with E-state index in [1.54, 1.807) is 78.9 Å². The van der Waals surface area contributed by atoms with Crippen LogP contribution in [0.5, 0.6) is 11.5 Å². The first kappa shape index (κ1) is 57.3. The number of nitrogens with one attached hydrogen (secondary N) is 7. The number of thiocarbonyl (C=S) groups is 1. The molecule has 0 spiro atoms. The fourth-order valence-corrected chi connectivity index (χ4v) is 6.90. The van der Waals surface area contributed by atoms with Gasteiger partial charge in [0.2, 0.25) is 5.96 Å². The van der Waals surface area contributed by atoms with Gasteiger partial charge in [0.15, 0.2) is 5.11 Å². The van der Waals surface area contributed by atoms with Crippen molar-refractivity contribution >= 4 is 104 Å². The summed E-state index contributed by atoms with van der Waals surface area (Å²) in [6, 6.07) is 33.6. The maximum atomic E-state index is 12.7. The standard InChI is InChI=1S/C24H24ClN5O5.C24H23ClN4O5S.C2H3N/c1-35-21-10-14(9-15(12-31)18(21)13-32)22(33)30-23(26)27-17-7-8-19(25)20(11-17)29-24(34)28-16-5-3-2-4-6-16;1-34-21-10-14(9-15(12-30)18(21)13-31)22(32)29-24(35)27-17-7-8-19(25)20(11-17)28-23(33)26-16-5-3-2-4-6-16;1-2-3/h2-11,31-32H,12-13H2,1H3,(H2,28,29,34)(H3,26,27,30,33);2-11,30-31H,12-13H2,1H3,(H2,26,28,33)(H2,27,29,32,35);1H3. The number of para-hydroxylation sites is 2. The van der Waals surface area contributed by atoms with Gasteiger partial charge < -0.3 is 62.2 Å². The molecule has 6 rings (SSSR count). The minimum atomic E-state index is -0.599. The Bertz CT molecular complexity index is 2930. The van der Waals surface area contributed by atoms with Crippen molar-refractivity contribution in [3.63, 3.8) is 0 Å². The molecule has 0 saturated carbocycles. The van der Waals surface area contributed by atoms with E-state index < -0.39 is 30.5 Å². The maximum absolute atomic E-state index is 12.7. The van der Waals surface area contributed by atoms with Crippen LogP contribution in [-0.2, 0) is 26.4 Å². The molecule has 0 aliphatic carbocycles. The van der Waals surface area contributed by atoms with Crippen LogP contribution in [0.4, 0.5) is 43.7 Å². The average molecular weight is 1050 g/mol. The van der Waals surface area contributed by atoms with Crippen molar-refractivity contribution in [3.05, 3.63) is 165 Å². The fourth-order valence-electron chi connectivity index (χ4n) is 6.36. The molecule has 73 heavy (non-hydrogen) atoms. The van der Waals surface area contributed by atoms with E-state index in [-0.39, 0.29) is 64.2 Å². The second kappa shape index (κ2) is 29.1. The number of aliphatic imine (C=N–C) groups is 1. The van der Waals surface area contributed by atoms with Crippen LogP contribution in [-0.4, -0.2) is 69.6 Å². The summed E-state index contributed by atoms with van der Waals surface area (Å²) in [6.07, 6.45) is 0. The molecule has 6 aromatic carbocycles. The number of carbonyl (C=O) groups is 4. The monoisotopic (exact) mass is 1050 g/mol. The highest BCUT2D eigenvalue weighted by Gasteiger charge is 2.18. The molecule has 0 aromatic heterocycles. The zero-order chi connectivity index (χ0) is 53.5. The molecule has 20 nitrogen and oxygen atoms in total. The molecule has 0 radical (unpaired) electrons. The number of nitriles is 1. The summed E-state index contributed by atoms with van der Waals surface area (Å²) in [5.74, 6) is -0.840. The summed E-state index contributed by atoms with van der Waals surface area (Å²) < 4.78 is 10.4. The molecule has 0 heterocycles. The van der Waals surface area contributed by atoms with Crippen LogP contribution < -0.4 is 52.4 Å². The first-order valence-electron chi connectivity index (χ1n) is 21.4. The van der Waals surface area contributed by atoms with Gasteiger partial charge in [-0.15, -0.1) is 0 Å². The SMILES string of the molecule is CC#N.COc1cc(C(=O)NC(=S)Nc2ccc(Cl)c(NC(=O)Nc3ccccc3)c2)cc(CO)c1CO.COc1cc(C(=O)NC(N)=Nc2ccc(Cl)c(NC(=O)Nc3ccccc3)c2)cc(CO)c1CO. The third-order valence-electron chi connectivity index (χ3n) is 9.68. The van der Waals surface area contributed by atoms with E-state index in [0.29, 0.717) is 55.7 Å². The minimum Gasteiger partial charge on any atom is -0.496 e. The Labute approximate surface area is 434 Å².